The van der Waals surface area contributed by atoms with Gasteiger partial charge in [-0.2, -0.15) is 0 Å². The molecule has 2 amide bonds. The van der Waals surface area contributed by atoms with E-state index >= 15 is 4.79 Å². The molecule has 2 atom stereocenters. The Morgan fingerprint density at radius 2 is 0.789 bits per heavy atom. The van der Waals surface area contributed by atoms with Gasteiger partial charge in [0.05, 0.1) is 40.5 Å². The van der Waals surface area contributed by atoms with Gasteiger partial charge in [0.2, 0.25) is 11.8 Å². The first-order valence-electron chi connectivity index (χ1n) is 19.5. The van der Waals surface area contributed by atoms with E-state index in [4.69, 9.17) is 24.7 Å². The molecule has 10 nitrogen and oxygen atoms in total. The number of carbonyl (C=O) groups is 2. The summed E-state index contributed by atoms with van der Waals surface area (Å²) in [4.78, 5) is 31.7. The fourth-order valence-electron chi connectivity index (χ4n) is 9.01. The fourth-order valence-corrected chi connectivity index (χ4v) is 9.01. The lowest BCUT2D eigenvalue weighted by Gasteiger charge is -2.59. The Labute approximate surface area is 337 Å². The van der Waals surface area contributed by atoms with E-state index in [1.165, 1.54) is 0 Å². The first-order chi connectivity index (χ1) is 26.8. The van der Waals surface area contributed by atoms with E-state index in [1.54, 1.807) is 130 Å². The van der Waals surface area contributed by atoms with Crippen molar-refractivity contribution in [1.29, 1.82) is 0 Å². The van der Waals surface area contributed by atoms with E-state index in [0.717, 1.165) is 0 Å². The summed E-state index contributed by atoms with van der Waals surface area (Å²) in [5, 5.41) is 28.0. The van der Waals surface area contributed by atoms with Gasteiger partial charge < -0.3 is 39.8 Å². The molecule has 0 radical (unpaired) electrons. The highest BCUT2D eigenvalue weighted by Gasteiger charge is 2.62. The molecular weight excluding hydrogens is 721 g/mol. The maximum Gasteiger partial charge on any atom is 0.239 e. The fraction of sp³-hybridized carbons (Fsp3) is 0.447. The normalized spacial score (nSPS) is 15.6. The summed E-state index contributed by atoms with van der Waals surface area (Å²) in [6.45, 7) is 11.8. The molecule has 0 aliphatic heterocycles. The van der Waals surface area contributed by atoms with Crippen LogP contribution in [0, 0.1) is 16.2 Å². The van der Waals surface area contributed by atoms with Crippen molar-refractivity contribution < 1.29 is 38.7 Å². The number of hydrogen-bond acceptors (Lipinski definition) is 8. The standard InChI is InChI=1S/C47H60N2O8/c1-43(2,3)39(46(52,31-13-21-35(54-7)22-14-31)32-15-23-36(55-8)24-16-32)49(42(51)45(41(48)50)29-11-12-30-45)40(44(4,5)6)47(53,33-17-25-37(56-9)26-18-33)34-19-27-38(57-10)28-20-34/h13-28,39-40,52-53H,11-12,29-30H2,1-10H3,(H2,48,50). The van der Waals surface area contributed by atoms with Crippen LogP contribution in [-0.4, -0.2) is 67.5 Å². The van der Waals surface area contributed by atoms with Crippen LogP contribution in [0.4, 0.5) is 0 Å². The molecule has 1 fully saturated rings. The Kier molecular flexibility index (Phi) is 12.4. The minimum atomic E-state index is -1.96. The smallest absolute Gasteiger partial charge is 0.239 e. The molecule has 2 unspecified atom stereocenters. The summed E-state index contributed by atoms with van der Waals surface area (Å²) in [5.74, 6) is 1.04. The van der Waals surface area contributed by atoms with Crippen molar-refractivity contribution in [3.8, 4) is 23.0 Å². The van der Waals surface area contributed by atoms with Crippen LogP contribution in [-0.2, 0) is 20.8 Å². The molecule has 1 saturated carbocycles. The summed E-state index contributed by atoms with van der Waals surface area (Å²) in [6.07, 6.45) is 1.70. The molecule has 0 saturated heterocycles. The minimum absolute atomic E-state index is 0.235. The lowest BCUT2D eigenvalue weighted by Crippen LogP contribution is -2.71. The van der Waals surface area contributed by atoms with Gasteiger partial charge in [-0.05, 0) is 94.5 Å². The number of carbonyl (C=O) groups excluding carboxylic acids is 2. The van der Waals surface area contributed by atoms with Crippen LogP contribution in [0.15, 0.2) is 97.1 Å². The molecule has 57 heavy (non-hydrogen) atoms. The number of methoxy groups -OCH3 is 4. The third-order valence-corrected chi connectivity index (χ3v) is 11.7. The third kappa shape index (κ3) is 7.94. The number of nitrogens with zero attached hydrogens (tertiary/aromatic N) is 1. The lowest BCUT2D eigenvalue weighted by atomic mass is 9.63. The van der Waals surface area contributed by atoms with Gasteiger partial charge in [0.25, 0.3) is 0 Å². The molecular formula is C47H60N2O8. The Hall–Kier alpha value is -5.06. The molecule has 0 aromatic heterocycles. The second-order valence-electron chi connectivity index (χ2n) is 17.3. The molecule has 0 bridgehead atoms. The average molecular weight is 781 g/mol. The van der Waals surface area contributed by atoms with Crippen molar-refractivity contribution >= 4 is 11.8 Å². The maximum absolute atomic E-state index is 16.2. The quantitative estimate of drug-likeness (QED) is 0.111. The number of benzene rings is 4. The van der Waals surface area contributed by atoms with E-state index in [1.807, 2.05) is 41.5 Å². The molecule has 0 spiro atoms. The molecule has 4 N–H and O–H groups in total. The zero-order valence-electron chi connectivity index (χ0n) is 35.1. The number of primary amides is 1. The number of aliphatic hydroxyl groups is 2. The highest BCUT2D eigenvalue weighted by Crippen LogP contribution is 2.54. The van der Waals surface area contributed by atoms with Crippen molar-refractivity contribution in [2.24, 2.45) is 22.0 Å². The number of ether oxygens (including phenoxy) is 4. The van der Waals surface area contributed by atoms with E-state index in [0.29, 0.717) is 58.1 Å². The van der Waals surface area contributed by atoms with Crippen molar-refractivity contribution in [3.05, 3.63) is 119 Å². The van der Waals surface area contributed by atoms with Gasteiger partial charge in [-0.25, -0.2) is 0 Å². The van der Waals surface area contributed by atoms with Gasteiger partial charge in [-0.3, -0.25) is 9.59 Å². The molecule has 10 heteroatoms. The maximum atomic E-state index is 16.2. The predicted molar refractivity (Wildman–Crippen MR) is 221 cm³/mol. The van der Waals surface area contributed by atoms with Gasteiger partial charge >= 0.3 is 0 Å². The molecule has 5 rings (SSSR count). The van der Waals surface area contributed by atoms with Crippen LogP contribution in [0.25, 0.3) is 0 Å². The highest BCUT2D eigenvalue weighted by molar-refractivity contribution is 6.05. The number of nitrogens with two attached hydrogens (primary N) is 1. The summed E-state index contributed by atoms with van der Waals surface area (Å²) in [5.41, 5.74) is 0.779. The second kappa shape index (κ2) is 16.4. The van der Waals surface area contributed by atoms with E-state index in [-0.39, 0.29) is 12.8 Å². The minimum Gasteiger partial charge on any atom is -0.497 e. The monoisotopic (exact) mass is 780 g/mol. The van der Waals surface area contributed by atoms with E-state index in [9.17, 15) is 15.0 Å². The second-order valence-corrected chi connectivity index (χ2v) is 17.3. The summed E-state index contributed by atoms with van der Waals surface area (Å²) < 4.78 is 22.1. The van der Waals surface area contributed by atoms with Crippen LogP contribution < -0.4 is 24.7 Å². The molecule has 4 aromatic carbocycles. The summed E-state index contributed by atoms with van der Waals surface area (Å²) in [6, 6.07) is 26.1. The van der Waals surface area contributed by atoms with Crippen LogP contribution in [0.1, 0.15) is 89.5 Å². The van der Waals surface area contributed by atoms with Crippen LogP contribution in [0.3, 0.4) is 0 Å². The topological polar surface area (TPSA) is 141 Å². The zero-order valence-corrected chi connectivity index (χ0v) is 35.1. The van der Waals surface area contributed by atoms with Crippen molar-refractivity contribution in [3.63, 3.8) is 0 Å². The Bertz CT molecular complexity index is 1750. The summed E-state index contributed by atoms with van der Waals surface area (Å²) in [7, 11) is 6.28. The number of rotatable bonds is 14. The van der Waals surface area contributed by atoms with Gasteiger partial charge in [-0.15, -0.1) is 0 Å². The van der Waals surface area contributed by atoms with Gasteiger partial charge in [-0.1, -0.05) is 103 Å². The number of amides is 2. The van der Waals surface area contributed by atoms with Gasteiger partial charge in [0.15, 0.2) is 0 Å². The van der Waals surface area contributed by atoms with E-state index in [2.05, 4.69) is 0 Å². The largest absolute Gasteiger partial charge is 0.497 e. The van der Waals surface area contributed by atoms with Crippen molar-refractivity contribution in [1.82, 2.24) is 4.90 Å². The average Bonchev–Trinajstić information content (AvgIpc) is 3.71. The SMILES string of the molecule is COc1ccc(C(O)(c2ccc(OC)cc2)C(N(C(=O)C2(C(N)=O)CCCC2)C(C(C)(C)C)C(O)(c2ccc(OC)cc2)c2ccc(OC)cc2)C(C)(C)C)cc1. The van der Waals surface area contributed by atoms with Crippen LogP contribution in [0.5, 0.6) is 23.0 Å². The molecule has 0 heterocycles. The first-order valence-corrected chi connectivity index (χ1v) is 19.5. The van der Waals surface area contributed by atoms with Crippen LogP contribution >= 0.6 is 0 Å². The molecule has 306 valence electrons. The predicted octanol–water partition coefficient (Wildman–Crippen LogP) is 7.60. The zero-order chi connectivity index (χ0) is 42.0. The van der Waals surface area contributed by atoms with Gasteiger partial charge in [0, 0.05) is 0 Å². The Balaban J connectivity index is 1.99. The third-order valence-electron chi connectivity index (χ3n) is 11.7. The summed E-state index contributed by atoms with van der Waals surface area (Å²) >= 11 is 0. The first kappa shape index (κ1) is 43.1. The lowest BCUT2D eigenvalue weighted by molar-refractivity contribution is -0.184. The number of hydrogen-bond donors (Lipinski definition) is 3. The Morgan fingerprint density at radius 1 is 0.544 bits per heavy atom. The van der Waals surface area contributed by atoms with Crippen molar-refractivity contribution in [2.75, 3.05) is 28.4 Å². The molecule has 1 aliphatic carbocycles. The molecule has 1 aliphatic rings. The van der Waals surface area contributed by atoms with Crippen molar-refractivity contribution in [2.45, 2.75) is 90.5 Å². The molecule has 4 aromatic rings. The van der Waals surface area contributed by atoms with E-state index < -0.39 is 51.3 Å². The Morgan fingerprint density at radius 3 is 0.982 bits per heavy atom. The van der Waals surface area contributed by atoms with Gasteiger partial charge in [0.1, 0.15) is 39.6 Å². The van der Waals surface area contributed by atoms with Crippen LogP contribution in [0.2, 0.25) is 0 Å². The highest BCUT2D eigenvalue weighted by atomic mass is 16.5.